The molecule has 1 heterocycles. The second-order valence-electron chi connectivity index (χ2n) is 7.00. The molecule has 2 aromatic carbocycles. The van der Waals surface area contributed by atoms with E-state index in [0.717, 1.165) is 30.8 Å². The fraction of sp³-hybridized carbons (Fsp3) is 0.333. The van der Waals surface area contributed by atoms with Crippen LogP contribution in [0.3, 0.4) is 0 Å². The van der Waals surface area contributed by atoms with Crippen LogP contribution in [0.4, 0.5) is 11.4 Å². The van der Waals surface area contributed by atoms with Crippen LogP contribution in [0.25, 0.3) is 0 Å². The van der Waals surface area contributed by atoms with Crippen LogP contribution >= 0.6 is 0 Å². The zero-order valence-electron chi connectivity index (χ0n) is 15.2. The molecule has 1 saturated heterocycles. The molecule has 3 rings (SSSR count). The summed E-state index contributed by atoms with van der Waals surface area (Å²) in [5.74, 6) is -0.671. The van der Waals surface area contributed by atoms with E-state index < -0.39 is 5.97 Å². The van der Waals surface area contributed by atoms with Gasteiger partial charge in [-0.2, -0.15) is 0 Å². The van der Waals surface area contributed by atoms with Gasteiger partial charge in [0.1, 0.15) is 0 Å². The zero-order chi connectivity index (χ0) is 18.7. The minimum absolute atomic E-state index is 0.224. The summed E-state index contributed by atoms with van der Waals surface area (Å²) >= 11 is 0. The molecule has 1 atom stereocenters. The molecule has 1 amide bonds. The van der Waals surface area contributed by atoms with Crippen molar-refractivity contribution in [2.75, 3.05) is 23.3 Å². The maximum atomic E-state index is 12.5. The first kappa shape index (κ1) is 18.0. The number of aromatic carboxylic acids is 1. The fourth-order valence-electron chi connectivity index (χ4n) is 3.50. The average Bonchev–Trinajstić information content (AvgIpc) is 2.62. The number of carbonyl (C=O) groups is 2. The molecule has 2 N–H and O–H groups in total. The summed E-state index contributed by atoms with van der Waals surface area (Å²) in [4.78, 5) is 26.4. The van der Waals surface area contributed by atoms with Crippen molar-refractivity contribution in [2.45, 2.75) is 26.7 Å². The molecule has 1 aliphatic rings. The van der Waals surface area contributed by atoms with Crippen LogP contribution in [0.15, 0.2) is 42.5 Å². The molecule has 5 nitrogen and oxygen atoms in total. The predicted molar refractivity (Wildman–Crippen MR) is 103 cm³/mol. The maximum absolute atomic E-state index is 12.5. The number of hydrogen-bond acceptors (Lipinski definition) is 3. The summed E-state index contributed by atoms with van der Waals surface area (Å²) in [5, 5.41) is 12.5. The normalized spacial score (nSPS) is 17.0. The van der Waals surface area contributed by atoms with E-state index >= 15 is 0 Å². The lowest BCUT2D eigenvalue weighted by Gasteiger charge is -2.33. The number of amides is 1. The SMILES string of the molecule is Cc1ccccc1C(=O)Nc1ccc(N2CCCC(C)C2)c(C(=O)O)c1. The first-order valence-electron chi connectivity index (χ1n) is 8.95. The molecular weight excluding hydrogens is 328 g/mol. The number of nitrogens with one attached hydrogen (secondary N) is 1. The van der Waals surface area contributed by atoms with Crippen molar-refractivity contribution < 1.29 is 14.7 Å². The van der Waals surface area contributed by atoms with E-state index in [0.29, 0.717) is 17.2 Å². The number of carbonyl (C=O) groups excluding carboxylic acids is 1. The van der Waals surface area contributed by atoms with E-state index in [2.05, 4.69) is 17.1 Å². The predicted octanol–water partition coefficient (Wildman–Crippen LogP) is 4.18. The third-order valence-corrected chi connectivity index (χ3v) is 4.87. The third-order valence-electron chi connectivity index (χ3n) is 4.87. The molecular formula is C21H24N2O3. The van der Waals surface area contributed by atoms with Crippen molar-refractivity contribution >= 4 is 23.3 Å². The highest BCUT2D eigenvalue weighted by molar-refractivity contribution is 6.06. The number of carboxylic acids is 1. The molecule has 0 spiro atoms. The second kappa shape index (κ2) is 7.60. The number of carboxylic acid groups (broad SMARTS) is 1. The lowest BCUT2D eigenvalue weighted by atomic mass is 9.98. The van der Waals surface area contributed by atoms with Gasteiger partial charge in [-0.25, -0.2) is 4.79 Å². The smallest absolute Gasteiger partial charge is 0.337 e. The van der Waals surface area contributed by atoms with Gasteiger partial charge in [0.15, 0.2) is 0 Å². The van der Waals surface area contributed by atoms with E-state index in [1.165, 1.54) is 6.42 Å². The van der Waals surface area contributed by atoms with Crippen LogP contribution < -0.4 is 10.2 Å². The molecule has 0 radical (unpaired) electrons. The minimum Gasteiger partial charge on any atom is -0.478 e. The summed E-state index contributed by atoms with van der Waals surface area (Å²) in [7, 11) is 0. The quantitative estimate of drug-likeness (QED) is 0.866. The number of nitrogens with zero attached hydrogens (tertiary/aromatic N) is 1. The van der Waals surface area contributed by atoms with Crippen LogP contribution in [0.1, 0.15) is 46.0 Å². The molecule has 0 bridgehead atoms. The van der Waals surface area contributed by atoms with Crippen LogP contribution in [-0.4, -0.2) is 30.1 Å². The van der Waals surface area contributed by atoms with Crippen LogP contribution in [0.2, 0.25) is 0 Å². The Morgan fingerprint density at radius 2 is 1.92 bits per heavy atom. The summed E-state index contributed by atoms with van der Waals surface area (Å²) in [5.41, 5.74) is 2.89. The molecule has 1 fully saturated rings. The standard InChI is InChI=1S/C21H24N2O3/c1-14-6-5-11-23(13-14)19-10-9-16(12-18(19)21(25)26)22-20(24)17-8-4-3-7-15(17)2/h3-4,7-10,12,14H,5-6,11,13H2,1-2H3,(H,22,24)(H,25,26). The van der Waals surface area contributed by atoms with Gasteiger partial charge < -0.3 is 15.3 Å². The zero-order valence-corrected chi connectivity index (χ0v) is 15.2. The number of piperidine rings is 1. The van der Waals surface area contributed by atoms with E-state index in [-0.39, 0.29) is 11.5 Å². The highest BCUT2D eigenvalue weighted by Gasteiger charge is 2.22. The Balaban J connectivity index is 1.86. The van der Waals surface area contributed by atoms with Crippen molar-refractivity contribution in [1.29, 1.82) is 0 Å². The van der Waals surface area contributed by atoms with Crippen molar-refractivity contribution in [3.63, 3.8) is 0 Å². The lowest BCUT2D eigenvalue weighted by Crippen LogP contribution is -2.35. The van der Waals surface area contributed by atoms with E-state index in [4.69, 9.17) is 0 Å². The Kier molecular flexibility index (Phi) is 5.26. The number of aryl methyl sites for hydroxylation is 1. The molecule has 2 aromatic rings. The van der Waals surface area contributed by atoms with Crippen LogP contribution in [0, 0.1) is 12.8 Å². The van der Waals surface area contributed by atoms with Gasteiger partial charge >= 0.3 is 5.97 Å². The minimum atomic E-state index is -0.981. The summed E-state index contributed by atoms with van der Waals surface area (Å²) in [6, 6.07) is 12.4. The summed E-state index contributed by atoms with van der Waals surface area (Å²) in [6.07, 6.45) is 2.23. The topological polar surface area (TPSA) is 69.6 Å². The van der Waals surface area contributed by atoms with Crippen LogP contribution in [0.5, 0.6) is 0 Å². The molecule has 26 heavy (non-hydrogen) atoms. The van der Waals surface area contributed by atoms with Gasteiger partial charge in [-0.1, -0.05) is 25.1 Å². The first-order valence-corrected chi connectivity index (χ1v) is 8.95. The summed E-state index contributed by atoms with van der Waals surface area (Å²) < 4.78 is 0. The molecule has 136 valence electrons. The highest BCUT2D eigenvalue weighted by atomic mass is 16.4. The second-order valence-corrected chi connectivity index (χ2v) is 7.00. The largest absolute Gasteiger partial charge is 0.478 e. The van der Waals surface area contributed by atoms with Gasteiger partial charge in [0, 0.05) is 24.3 Å². The van der Waals surface area contributed by atoms with Gasteiger partial charge in [-0.15, -0.1) is 0 Å². The van der Waals surface area contributed by atoms with Gasteiger partial charge in [0.25, 0.3) is 5.91 Å². The Bertz CT molecular complexity index is 832. The molecule has 0 aromatic heterocycles. The van der Waals surface area contributed by atoms with Gasteiger partial charge in [-0.3, -0.25) is 4.79 Å². The monoisotopic (exact) mass is 352 g/mol. The van der Waals surface area contributed by atoms with Crippen LogP contribution in [-0.2, 0) is 0 Å². The van der Waals surface area contributed by atoms with Crippen molar-refractivity contribution in [3.8, 4) is 0 Å². The Morgan fingerprint density at radius 3 is 2.62 bits per heavy atom. The van der Waals surface area contributed by atoms with Crippen molar-refractivity contribution in [1.82, 2.24) is 0 Å². The average molecular weight is 352 g/mol. The fourth-order valence-corrected chi connectivity index (χ4v) is 3.50. The number of anilines is 2. The third kappa shape index (κ3) is 3.87. The summed E-state index contributed by atoms with van der Waals surface area (Å²) in [6.45, 7) is 5.77. The highest BCUT2D eigenvalue weighted by Crippen LogP contribution is 2.29. The van der Waals surface area contributed by atoms with Gasteiger partial charge in [0.05, 0.1) is 11.3 Å². The van der Waals surface area contributed by atoms with Gasteiger partial charge in [-0.05, 0) is 55.5 Å². The maximum Gasteiger partial charge on any atom is 0.337 e. The van der Waals surface area contributed by atoms with E-state index in [9.17, 15) is 14.7 Å². The lowest BCUT2D eigenvalue weighted by molar-refractivity contribution is 0.0697. The number of benzene rings is 2. The number of hydrogen-bond donors (Lipinski definition) is 2. The molecule has 5 heteroatoms. The number of rotatable bonds is 4. The Hall–Kier alpha value is -2.82. The molecule has 1 unspecified atom stereocenters. The van der Waals surface area contributed by atoms with Crippen molar-refractivity contribution in [2.24, 2.45) is 5.92 Å². The molecule has 0 saturated carbocycles. The van der Waals surface area contributed by atoms with Crippen molar-refractivity contribution in [3.05, 3.63) is 59.2 Å². The Morgan fingerprint density at radius 1 is 1.15 bits per heavy atom. The van der Waals surface area contributed by atoms with E-state index in [1.54, 1.807) is 24.3 Å². The Labute approximate surface area is 153 Å². The molecule has 1 aliphatic heterocycles. The molecule has 0 aliphatic carbocycles. The first-order chi connectivity index (χ1) is 12.5. The van der Waals surface area contributed by atoms with Gasteiger partial charge in [0.2, 0.25) is 0 Å². The van der Waals surface area contributed by atoms with E-state index in [1.807, 2.05) is 25.1 Å².